The van der Waals surface area contributed by atoms with Gasteiger partial charge in [0.2, 0.25) is 0 Å². The number of hydrogen-bond donors (Lipinski definition) is 1. The molecule has 0 spiro atoms. The zero-order valence-electron chi connectivity index (χ0n) is 9.77. The lowest BCUT2D eigenvalue weighted by atomic mass is 10.1. The summed E-state index contributed by atoms with van der Waals surface area (Å²) in [6.45, 7) is 0. The van der Waals surface area contributed by atoms with Crippen LogP contribution < -0.4 is 5.11 Å². The molecule has 4 nitrogen and oxygen atoms in total. The van der Waals surface area contributed by atoms with Crippen molar-refractivity contribution < 1.29 is 28.2 Å². The molecule has 106 valence electrons. The topological polar surface area (TPSA) is 73.2 Å². The third-order valence-electron chi connectivity index (χ3n) is 2.51. The smallest absolute Gasteiger partial charge is 0.416 e. The summed E-state index contributed by atoms with van der Waals surface area (Å²) >= 11 is 0.970. The molecule has 20 heavy (non-hydrogen) atoms. The first-order valence-corrected chi connectivity index (χ1v) is 6.20. The van der Waals surface area contributed by atoms with Gasteiger partial charge in [-0.25, -0.2) is 4.98 Å². The van der Waals surface area contributed by atoms with Crippen molar-refractivity contribution in [3.63, 3.8) is 0 Å². The van der Waals surface area contributed by atoms with E-state index in [1.54, 1.807) is 0 Å². The monoisotopic (exact) mass is 302 g/mol. The summed E-state index contributed by atoms with van der Waals surface area (Å²) in [6.07, 6.45) is -4.60. The molecular weight excluding hydrogens is 295 g/mol. The van der Waals surface area contributed by atoms with Crippen LogP contribution in [0.5, 0.6) is 5.75 Å². The molecule has 0 aliphatic carbocycles. The molecular formula is C12H7F3NO3S-. The van der Waals surface area contributed by atoms with Gasteiger partial charge in [0, 0.05) is 17.4 Å². The van der Waals surface area contributed by atoms with Gasteiger partial charge in [0.05, 0.1) is 22.2 Å². The predicted octanol–water partition coefficient (Wildman–Crippen LogP) is 1.82. The minimum absolute atomic E-state index is 0.0269. The van der Waals surface area contributed by atoms with Gasteiger partial charge < -0.3 is 15.0 Å². The number of carboxylic acids is 1. The van der Waals surface area contributed by atoms with E-state index in [0.717, 1.165) is 29.5 Å². The van der Waals surface area contributed by atoms with Crippen LogP contribution in [-0.2, 0) is 12.6 Å². The summed E-state index contributed by atoms with van der Waals surface area (Å²) in [5.74, 6) is -1.76. The van der Waals surface area contributed by atoms with Crippen LogP contribution in [-0.4, -0.2) is 16.1 Å². The third-order valence-corrected chi connectivity index (χ3v) is 3.36. The molecule has 1 aromatic carbocycles. The molecule has 2 aromatic rings. The number of aromatic hydroxyl groups is 1. The van der Waals surface area contributed by atoms with Crippen LogP contribution in [0.1, 0.15) is 26.6 Å². The van der Waals surface area contributed by atoms with E-state index < -0.39 is 17.7 Å². The number of aromatic nitrogens is 1. The molecule has 1 N–H and O–H groups in total. The van der Waals surface area contributed by atoms with Crippen LogP contribution in [0, 0.1) is 0 Å². The Kier molecular flexibility index (Phi) is 3.67. The Hall–Kier alpha value is -2.09. The second-order valence-corrected chi connectivity index (χ2v) is 4.87. The molecule has 0 fully saturated rings. The van der Waals surface area contributed by atoms with Crippen molar-refractivity contribution in [2.24, 2.45) is 0 Å². The molecule has 0 aliphatic rings. The number of carboxylic acid groups (broad SMARTS) is 1. The van der Waals surface area contributed by atoms with Crippen molar-refractivity contribution in [3.05, 3.63) is 45.4 Å². The normalized spacial score (nSPS) is 11.6. The average molecular weight is 302 g/mol. The molecule has 0 saturated carbocycles. The Morgan fingerprint density at radius 1 is 1.40 bits per heavy atom. The van der Waals surface area contributed by atoms with Crippen LogP contribution >= 0.6 is 11.3 Å². The summed E-state index contributed by atoms with van der Waals surface area (Å²) in [5, 5.41) is 21.6. The molecule has 0 radical (unpaired) electrons. The minimum Gasteiger partial charge on any atom is -0.543 e. The summed E-state index contributed by atoms with van der Waals surface area (Å²) in [4.78, 5) is 14.3. The SMILES string of the molecule is O=C([O-])c1csc(Cc2cc(C(F)(F)F)ccc2O)n1. The van der Waals surface area contributed by atoms with Gasteiger partial charge in [-0.05, 0) is 18.2 Å². The fraction of sp³-hybridized carbons (Fsp3) is 0.167. The van der Waals surface area contributed by atoms with Gasteiger partial charge in [-0.3, -0.25) is 0 Å². The van der Waals surface area contributed by atoms with Crippen molar-refractivity contribution in [1.29, 1.82) is 0 Å². The van der Waals surface area contributed by atoms with E-state index in [2.05, 4.69) is 4.98 Å². The van der Waals surface area contributed by atoms with Gasteiger partial charge in [0.25, 0.3) is 0 Å². The Balaban J connectivity index is 2.30. The first-order valence-electron chi connectivity index (χ1n) is 5.32. The van der Waals surface area contributed by atoms with Crippen molar-refractivity contribution in [2.45, 2.75) is 12.6 Å². The number of thiazole rings is 1. The lowest BCUT2D eigenvalue weighted by Gasteiger charge is -2.09. The van der Waals surface area contributed by atoms with Crippen LogP contribution in [0.25, 0.3) is 0 Å². The Bertz CT molecular complexity index is 652. The van der Waals surface area contributed by atoms with Crippen LogP contribution in [0.2, 0.25) is 0 Å². The first kappa shape index (κ1) is 14.3. The summed E-state index contributed by atoms with van der Waals surface area (Å²) in [5.41, 5.74) is -1.14. The number of halogens is 3. The minimum atomic E-state index is -4.51. The highest BCUT2D eigenvalue weighted by Gasteiger charge is 2.31. The number of aromatic carboxylic acids is 1. The molecule has 0 saturated heterocycles. The largest absolute Gasteiger partial charge is 0.543 e. The van der Waals surface area contributed by atoms with Crippen LogP contribution in [0.3, 0.4) is 0 Å². The molecule has 1 heterocycles. The Labute approximate surface area is 115 Å². The first-order chi connectivity index (χ1) is 9.27. The molecule has 2 rings (SSSR count). The van der Waals surface area contributed by atoms with Crippen LogP contribution in [0.15, 0.2) is 23.6 Å². The number of carbonyl (C=O) groups is 1. The van der Waals surface area contributed by atoms with E-state index >= 15 is 0 Å². The van der Waals surface area contributed by atoms with Crippen molar-refractivity contribution >= 4 is 17.3 Å². The number of hydrogen-bond acceptors (Lipinski definition) is 5. The van der Waals surface area contributed by atoms with E-state index in [4.69, 9.17) is 0 Å². The van der Waals surface area contributed by atoms with E-state index in [-0.39, 0.29) is 28.4 Å². The standard InChI is InChI=1S/C12H8F3NO3S/c13-12(14,15)7-1-2-9(17)6(3-7)4-10-16-8(5-20-10)11(18)19/h1-3,5,17H,4H2,(H,18,19)/p-1. The van der Waals surface area contributed by atoms with Gasteiger partial charge in [0.15, 0.2) is 0 Å². The van der Waals surface area contributed by atoms with Gasteiger partial charge in [-0.2, -0.15) is 13.2 Å². The highest BCUT2D eigenvalue weighted by atomic mass is 32.1. The maximum atomic E-state index is 12.6. The van der Waals surface area contributed by atoms with Crippen molar-refractivity contribution in [3.8, 4) is 5.75 Å². The maximum absolute atomic E-state index is 12.6. The molecule has 1 aromatic heterocycles. The number of alkyl halides is 3. The van der Waals surface area contributed by atoms with Gasteiger partial charge in [-0.15, -0.1) is 11.3 Å². The van der Waals surface area contributed by atoms with Crippen molar-refractivity contribution in [2.75, 3.05) is 0 Å². The highest BCUT2D eigenvalue weighted by molar-refractivity contribution is 7.09. The predicted molar refractivity (Wildman–Crippen MR) is 62.4 cm³/mol. The Morgan fingerprint density at radius 2 is 2.10 bits per heavy atom. The fourth-order valence-corrected chi connectivity index (χ4v) is 2.34. The number of nitrogens with zero attached hydrogens (tertiary/aromatic N) is 1. The second kappa shape index (κ2) is 5.12. The zero-order chi connectivity index (χ0) is 14.9. The number of carbonyl (C=O) groups excluding carboxylic acids is 1. The second-order valence-electron chi connectivity index (χ2n) is 3.93. The maximum Gasteiger partial charge on any atom is 0.416 e. The molecule has 0 bridgehead atoms. The number of phenols is 1. The summed E-state index contributed by atoms with van der Waals surface area (Å²) in [6, 6.07) is 2.54. The number of rotatable bonds is 3. The number of phenolic OH excluding ortho intramolecular Hbond substituents is 1. The zero-order valence-corrected chi connectivity index (χ0v) is 10.6. The Morgan fingerprint density at radius 3 is 2.65 bits per heavy atom. The molecule has 8 heteroatoms. The van der Waals surface area contributed by atoms with E-state index in [0.29, 0.717) is 0 Å². The molecule has 0 atom stereocenters. The van der Waals surface area contributed by atoms with E-state index in [1.165, 1.54) is 5.38 Å². The lowest BCUT2D eigenvalue weighted by Crippen LogP contribution is -2.22. The van der Waals surface area contributed by atoms with Crippen molar-refractivity contribution in [1.82, 2.24) is 4.98 Å². The summed E-state index contributed by atoms with van der Waals surface area (Å²) < 4.78 is 37.7. The molecule has 0 aliphatic heterocycles. The average Bonchev–Trinajstić information content (AvgIpc) is 2.79. The quantitative estimate of drug-likeness (QED) is 0.938. The number of benzene rings is 1. The van der Waals surface area contributed by atoms with Crippen LogP contribution in [0.4, 0.5) is 13.2 Å². The highest BCUT2D eigenvalue weighted by Crippen LogP contribution is 2.33. The van der Waals surface area contributed by atoms with Gasteiger partial charge >= 0.3 is 6.18 Å². The molecule has 0 amide bonds. The van der Waals surface area contributed by atoms with E-state index in [1.807, 2.05) is 0 Å². The fourth-order valence-electron chi connectivity index (χ4n) is 1.55. The lowest BCUT2D eigenvalue weighted by molar-refractivity contribution is -0.255. The van der Waals surface area contributed by atoms with Gasteiger partial charge in [-0.1, -0.05) is 0 Å². The van der Waals surface area contributed by atoms with Gasteiger partial charge in [0.1, 0.15) is 5.75 Å². The van der Waals surface area contributed by atoms with E-state index in [9.17, 15) is 28.2 Å². The summed E-state index contributed by atoms with van der Waals surface area (Å²) in [7, 11) is 0. The third kappa shape index (κ3) is 3.08. The molecule has 0 unspecified atom stereocenters.